The summed E-state index contributed by atoms with van der Waals surface area (Å²) < 4.78 is 10.7. The predicted octanol–water partition coefficient (Wildman–Crippen LogP) is 2.06. The summed E-state index contributed by atoms with van der Waals surface area (Å²) in [7, 11) is 0. The highest BCUT2D eigenvalue weighted by Gasteiger charge is 2.32. The van der Waals surface area contributed by atoms with Gasteiger partial charge in [-0.2, -0.15) is 0 Å². The first-order valence-electron chi connectivity index (χ1n) is 11.8. The van der Waals surface area contributed by atoms with Crippen molar-refractivity contribution in [3.8, 4) is 0 Å². The number of ether oxygens (including phenoxy) is 1. The molecular weight excluding hydrogens is 452 g/mol. The van der Waals surface area contributed by atoms with Crippen LogP contribution in [0.15, 0.2) is 41.0 Å². The Morgan fingerprint density at radius 3 is 2.71 bits per heavy atom. The Kier molecular flexibility index (Phi) is 9.39. The molecule has 0 saturated carbocycles. The van der Waals surface area contributed by atoms with Crippen LogP contribution in [0.2, 0.25) is 0 Å². The van der Waals surface area contributed by atoms with E-state index >= 15 is 0 Å². The standard InChI is InChI=1S/C25H32N4O6/c1-16(2)12-20(29-25(33)35-14-17-8-4-3-5-9-17)23(31)28-19-13-18-15-34-21(27-18)10-6-7-11-26-24(32)22(19)30/h3-5,8-9,15-16,19-20H,6-7,10-14H2,1-2H3,(H,26,32)(H,28,31)(H,29,33). The summed E-state index contributed by atoms with van der Waals surface area (Å²) in [6.07, 6.45) is 3.03. The first-order valence-corrected chi connectivity index (χ1v) is 11.8. The lowest BCUT2D eigenvalue weighted by Gasteiger charge is -2.23. The molecule has 1 aliphatic rings. The van der Waals surface area contributed by atoms with Crippen LogP contribution in [0.4, 0.5) is 4.79 Å². The van der Waals surface area contributed by atoms with E-state index in [0.29, 0.717) is 37.4 Å². The van der Waals surface area contributed by atoms with Crippen molar-refractivity contribution in [1.82, 2.24) is 20.9 Å². The molecule has 0 fully saturated rings. The third-order valence-corrected chi connectivity index (χ3v) is 5.50. The molecule has 2 heterocycles. The average molecular weight is 485 g/mol. The van der Waals surface area contributed by atoms with Crippen LogP contribution in [0.5, 0.6) is 0 Å². The zero-order valence-corrected chi connectivity index (χ0v) is 20.0. The fraction of sp³-hybridized carbons (Fsp3) is 0.480. The van der Waals surface area contributed by atoms with E-state index in [1.807, 2.05) is 44.2 Å². The number of aromatic nitrogens is 1. The number of hydrogen-bond donors (Lipinski definition) is 3. The monoisotopic (exact) mass is 484 g/mol. The van der Waals surface area contributed by atoms with E-state index in [0.717, 1.165) is 12.0 Å². The second-order valence-electron chi connectivity index (χ2n) is 8.96. The van der Waals surface area contributed by atoms with Crippen LogP contribution in [0.25, 0.3) is 0 Å². The molecule has 2 bridgehead atoms. The number of aryl methyl sites for hydroxylation is 1. The van der Waals surface area contributed by atoms with Gasteiger partial charge in [-0.15, -0.1) is 0 Å². The highest BCUT2D eigenvalue weighted by molar-refractivity contribution is 6.38. The molecule has 0 aliphatic carbocycles. The number of amides is 3. The average Bonchev–Trinajstić information content (AvgIpc) is 3.28. The molecule has 0 radical (unpaired) electrons. The first-order chi connectivity index (χ1) is 16.8. The maximum atomic E-state index is 13.1. The molecule has 10 nitrogen and oxygen atoms in total. The number of nitrogens with zero attached hydrogens (tertiary/aromatic N) is 1. The van der Waals surface area contributed by atoms with Crippen molar-refractivity contribution in [3.63, 3.8) is 0 Å². The largest absolute Gasteiger partial charge is 0.449 e. The van der Waals surface area contributed by atoms with Crippen molar-refractivity contribution < 1.29 is 28.3 Å². The van der Waals surface area contributed by atoms with Crippen LogP contribution in [0.1, 0.15) is 50.3 Å². The number of ketones is 1. The van der Waals surface area contributed by atoms with Gasteiger partial charge in [0.25, 0.3) is 5.91 Å². The molecule has 1 aromatic heterocycles. The maximum absolute atomic E-state index is 13.1. The van der Waals surface area contributed by atoms with E-state index < -0.39 is 35.8 Å². The number of Topliss-reactive ketones (excluding diaryl/α,β-unsaturated/α-hetero) is 1. The summed E-state index contributed by atoms with van der Waals surface area (Å²) in [6.45, 7) is 4.20. The number of carbonyl (C=O) groups excluding carboxylic acids is 4. The zero-order valence-electron chi connectivity index (χ0n) is 20.0. The van der Waals surface area contributed by atoms with E-state index in [2.05, 4.69) is 20.9 Å². The maximum Gasteiger partial charge on any atom is 0.408 e. The number of fused-ring (bicyclic) bond motifs is 2. The Morgan fingerprint density at radius 2 is 1.97 bits per heavy atom. The Balaban J connectivity index is 1.69. The number of rotatable bonds is 7. The normalized spacial score (nSPS) is 17.5. The molecule has 0 spiro atoms. The van der Waals surface area contributed by atoms with Crippen LogP contribution in [0.3, 0.4) is 0 Å². The Hall–Kier alpha value is -3.69. The SMILES string of the molecule is CC(C)CC(NC(=O)OCc1ccccc1)C(=O)NC1Cc2coc(n2)CCCCNC(=O)C1=O. The molecule has 2 aromatic rings. The molecule has 10 heteroatoms. The Bertz CT molecular complexity index is 1020. The topological polar surface area (TPSA) is 140 Å². The smallest absolute Gasteiger partial charge is 0.408 e. The van der Waals surface area contributed by atoms with Crippen molar-refractivity contribution in [1.29, 1.82) is 0 Å². The van der Waals surface area contributed by atoms with Crippen molar-refractivity contribution in [2.24, 2.45) is 5.92 Å². The van der Waals surface area contributed by atoms with Gasteiger partial charge in [-0.1, -0.05) is 44.2 Å². The number of nitrogens with one attached hydrogen (secondary N) is 3. The highest BCUT2D eigenvalue weighted by Crippen LogP contribution is 2.12. The van der Waals surface area contributed by atoms with Gasteiger partial charge in [-0.3, -0.25) is 14.4 Å². The number of carbonyl (C=O) groups is 4. The van der Waals surface area contributed by atoms with Gasteiger partial charge in [-0.05, 0) is 30.7 Å². The fourth-order valence-corrected chi connectivity index (χ4v) is 3.71. The van der Waals surface area contributed by atoms with Crippen LogP contribution >= 0.6 is 0 Å². The zero-order chi connectivity index (χ0) is 25.2. The molecule has 0 saturated heterocycles. The summed E-state index contributed by atoms with van der Waals surface area (Å²) in [5.74, 6) is -1.52. The Morgan fingerprint density at radius 1 is 1.20 bits per heavy atom. The summed E-state index contributed by atoms with van der Waals surface area (Å²) in [5, 5.41) is 7.82. The fourth-order valence-electron chi connectivity index (χ4n) is 3.71. The van der Waals surface area contributed by atoms with Crippen LogP contribution in [-0.4, -0.2) is 47.3 Å². The highest BCUT2D eigenvalue weighted by atomic mass is 16.5. The van der Waals surface area contributed by atoms with Crippen molar-refractivity contribution in [2.45, 2.75) is 64.6 Å². The molecule has 1 aromatic carbocycles. The second-order valence-corrected chi connectivity index (χ2v) is 8.96. The van der Waals surface area contributed by atoms with Crippen LogP contribution in [-0.2, 0) is 38.6 Å². The Labute approximate surface area is 204 Å². The van der Waals surface area contributed by atoms with Gasteiger partial charge >= 0.3 is 6.09 Å². The lowest BCUT2D eigenvalue weighted by Crippen LogP contribution is -2.55. The van der Waals surface area contributed by atoms with Gasteiger partial charge in [0, 0.05) is 19.4 Å². The summed E-state index contributed by atoms with van der Waals surface area (Å²) in [6, 6.07) is 7.05. The third kappa shape index (κ3) is 8.24. The van der Waals surface area contributed by atoms with E-state index in [9.17, 15) is 19.2 Å². The molecule has 2 atom stereocenters. The van der Waals surface area contributed by atoms with Gasteiger partial charge in [-0.25, -0.2) is 9.78 Å². The summed E-state index contributed by atoms with van der Waals surface area (Å²) >= 11 is 0. The van der Waals surface area contributed by atoms with Crippen molar-refractivity contribution in [3.05, 3.63) is 53.7 Å². The number of benzene rings is 1. The third-order valence-electron chi connectivity index (χ3n) is 5.50. The molecular formula is C25H32N4O6. The molecule has 3 N–H and O–H groups in total. The minimum Gasteiger partial charge on any atom is -0.449 e. The van der Waals surface area contributed by atoms with E-state index in [1.54, 1.807) is 0 Å². The summed E-state index contributed by atoms with van der Waals surface area (Å²) in [5.41, 5.74) is 1.27. The molecule has 2 unspecified atom stereocenters. The van der Waals surface area contributed by atoms with Gasteiger partial charge in [0.05, 0.1) is 5.69 Å². The van der Waals surface area contributed by atoms with Crippen molar-refractivity contribution >= 4 is 23.7 Å². The molecule has 188 valence electrons. The minimum atomic E-state index is -1.16. The number of hydrogen-bond acceptors (Lipinski definition) is 7. The van der Waals surface area contributed by atoms with Crippen LogP contribution < -0.4 is 16.0 Å². The predicted molar refractivity (Wildman–Crippen MR) is 126 cm³/mol. The van der Waals surface area contributed by atoms with Crippen molar-refractivity contribution in [2.75, 3.05) is 6.54 Å². The van der Waals surface area contributed by atoms with Gasteiger partial charge in [0.2, 0.25) is 11.7 Å². The van der Waals surface area contributed by atoms with E-state index in [4.69, 9.17) is 9.15 Å². The molecule has 1 aliphatic heterocycles. The molecule has 3 amide bonds. The number of oxazole rings is 1. The lowest BCUT2D eigenvalue weighted by atomic mass is 10.0. The van der Waals surface area contributed by atoms with E-state index in [-0.39, 0.29) is 18.9 Å². The lowest BCUT2D eigenvalue weighted by molar-refractivity contribution is -0.140. The van der Waals surface area contributed by atoms with Gasteiger partial charge < -0.3 is 25.1 Å². The van der Waals surface area contributed by atoms with E-state index in [1.165, 1.54) is 6.26 Å². The quantitative estimate of drug-likeness (QED) is 0.511. The minimum absolute atomic E-state index is 0.00561. The number of alkyl carbamates (subject to hydrolysis) is 1. The second kappa shape index (κ2) is 12.7. The molecule has 35 heavy (non-hydrogen) atoms. The van der Waals surface area contributed by atoms with Crippen LogP contribution in [0, 0.1) is 5.92 Å². The van der Waals surface area contributed by atoms with Gasteiger partial charge in [0.15, 0.2) is 5.89 Å². The summed E-state index contributed by atoms with van der Waals surface area (Å²) in [4.78, 5) is 55.1. The first kappa shape index (κ1) is 25.9. The molecule has 3 rings (SSSR count). The van der Waals surface area contributed by atoms with Gasteiger partial charge in [0.1, 0.15) is 25.0 Å².